The van der Waals surface area contributed by atoms with Crippen LogP contribution in [0.15, 0.2) is 28.7 Å². The lowest BCUT2D eigenvalue weighted by Crippen LogP contribution is -2.63. The molecule has 2 amide bonds. The van der Waals surface area contributed by atoms with Crippen LogP contribution in [0.2, 0.25) is 0 Å². The Morgan fingerprint density at radius 1 is 1.20 bits per heavy atom. The van der Waals surface area contributed by atoms with E-state index in [0.29, 0.717) is 0 Å². The third kappa shape index (κ3) is 4.03. The highest BCUT2D eigenvalue weighted by atomic mass is 19.1. The molecule has 12 nitrogen and oxygen atoms in total. The van der Waals surface area contributed by atoms with Crippen LogP contribution in [0.25, 0.3) is 0 Å². The van der Waals surface area contributed by atoms with Gasteiger partial charge >= 0.3 is 0 Å². The van der Waals surface area contributed by atoms with Gasteiger partial charge in [0.2, 0.25) is 11.7 Å². The molecule has 0 spiro atoms. The number of aliphatic hydroxyl groups excluding tert-OH is 2. The number of rotatable bonds is 4. The number of phenolic OH excluding ortho intramolecular Hbond substituents is 1. The number of nitrogens with two attached hydrogens (primary N) is 1. The number of aromatic hydroxyl groups is 1. The molecule has 7 N–H and O–H groups in total. The zero-order chi connectivity index (χ0) is 30.3. The zero-order valence-corrected chi connectivity index (χ0v) is 22.4. The maximum Gasteiger partial charge on any atom is 0.255 e. The standard InChI is InChI=1S/C27H30F2N4O8/c1-32(2)19-12-5-9-4-11-13(29)7-14(31-26(40)15-6-10(28)8-33(15)3)20(34)17(11)21(35)16(9)23(37)27(12,41)24(38)18(22(19)36)25(30)39/h7,9-10,12,15,19,34,36-37,41H,4-6,8H2,1-3H3,(H2,30,39)(H,31,40)/t9-,10+,12-,15-,19-,27-/m0/s1. The number of hydrogen-bond donors (Lipinski definition) is 6. The topological polar surface area (TPSA) is 194 Å². The summed E-state index contributed by atoms with van der Waals surface area (Å²) in [4.78, 5) is 54.8. The summed E-state index contributed by atoms with van der Waals surface area (Å²) < 4.78 is 29.2. The van der Waals surface area contributed by atoms with Gasteiger partial charge in [0, 0.05) is 36.1 Å². The molecule has 0 saturated carbocycles. The number of likely N-dealkylation sites (tertiary alicyclic amines) is 1. The Hall–Kier alpha value is -3.88. The summed E-state index contributed by atoms with van der Waals surface area (Å²) in [5.74, 6) is -10.3. The van der Waals surface area contributed by atoms with Crippen molar-refractivity contribution in [1.29, 1.82) is 0 Å². The molecule has 1 aromatic rings. The Morgan fingerprint density at radius 2 is 1.85 bits per heavy atom. The van der Waals surface area contributed by atoms with Gasteiger partial charge in [0.05, 0.1) is 23.3 Å². The van der Waals surface area contributed by atoms with Crippen molar-refractivity contribution >= 4 is 29.1 Å². The maximum atomic E-state index is 15.4. The van der Waals surface area contributed by atoms with Crippen molar-refractivity contribution in [3.8, 4) is 5.75 Å². The fraction of sp³-hybridized carbons (Fsp3) is 0.481. The van der Waals surface area contributed by atoms with Crippen molar-refractivity contribution < 1.29 is 48.4 Å². The predicted octanol–water partition coefficient (Wildman–Crippen LogP) is 0.240. The Balaban J connectivity index is 1.60. The number of ketones is 2. The van der Waals surface area contributed by atoms with E-state index in [1.807, 2.05) is 0 Å². The van der Waals surface area contributed by atoms with Crippen LogP contribution in [0.3, 0.4) is 0 Å². The Bertz CT molecular complexity index is 1470. The second-order valence-corrected chi connectivity index (χ2v) is 11.3. The van der Waals surface area contributed by atoms with Gasteiger partial charge in [0.15, 0.2) is 17.1 Å². The van der Waals surface area contributed by atoms with E-state index < -0.39 is 105 Å². The van der Waals surface area contributed by atoms with Crippen LogP contribution in [-0.2, 0) is 20.8 Å². The quantitative estimate of drug-likeness (QED) is 0.214. The number of aliphatic hydroxyl groups is 3. The highest BCUT2D eigenvalue weighted by Crippen LogP contribution is 2.53. The number of benzene rings is 1. The molecule has 0 bridgehead atoms. The second kappa shape index (κ2) is 9.60. The number of halogens is 2. The minimum absolute atomic E-state index is 0.0116. The van der Waals surface area contributed by atoms with E-state index >= 15 is 4.39 Å². The van der Waals surface area contributed by atoms with Crippen LogP contribution in [-0.4, -0.2) is 105 Å². The summed E-state index contributed by atoms with van der Waals surface area (Å²) in [6, 6.07) is -1.23. The first-order valence-corrected chi connectivity index (χ1v) is 12.9. The maximum absolute atomic E-state index is 15.4. The predicted molar refractivity (Wildman–Crippen MR) is 138 cm³/mol. The molecular weight excluding hydrogens is 546 g/mol. The molecule has 0 aromatic heterocycles. The third-order valence-corrected chi connectivity index (χ3v) is 8.73. The van der Waals surface area contributed by atoms with Gasteiger partial charge in [0.25, 0.3) is 5.91 Å². The van der Waals surface area contributed by atoms with E-state index in [2.05, 4.69) is 5.32 Å². The van der Waals surface area contributed by atoms with Gasteiger partial charge in [-0.05, 0) is 39.9 Å². The fourth-order valence-corrected chi connectivity index (χ4v) is 6.83. The largest absolute Gasteiger partial charge is 0.510 e. The van der Waals surface area contributed by atoms with Crippen LogP contribution in [0, 0.1) is 17.7 Å². The number of carbonyl (C=O) groups is 4. The average Bonchev–Trinajstić information content (AvgIpc) is 3.21. The van der Waals surface area contributed by atoms with Crippen molar-refractivity contribution in [2.24, 2.45) is 17.6 Å². The number of Topliss-reactive ketones (excluding diaryl/α,β-unsaturated/α-hetero) is 2. The number of likely N-dealkylation sites (N-methyl/N-ethyl adjacent to an activating group) is 2. The summed E-state index contributed by atoms with van der Waals surface area (Å²) in [5.41, 5.74) is -0.163. The number of fused-ring (bicyclic) bond motifs is 3. The molecule has 6 atom stereocenters. The van der Waals surface area contributed by atoms with E-state index in [-0.39, 0.29) is 31.4 Å². The highest BCUT2D eigenvalue weighted by molar-refractivity contribution is 6.25. The van der Waals surface area contributed by atoms with Gasteiger partial charge in [-0.1, -0.05) is 0 Å². The van der Waals surface area contributed by atoms with Crippen LogP contribution >= 0.6 is 0 Å². The molecule has 0 unspecified atom stereocenters. The monoisotopic (exact) mass is 576 g/mol. The van der Waals surface area contributed by atoms with Gasteiger partial charge in [-0.3, -0.25) is 29.0 Å². The number of nitrogens with zero attached hydrogens (tertiary/aromatic N) is 2. The molecule has 41 heavy (non-hydrogen) atoms. The van der Waals surface area contributed by atoms with Gasteiger partial charge < -0.3 is 31.5 Å². The number of amides is 2. The molecule has 1 aliphatic heterocycles. The third-order valence-electron chi connectivity index (χ3n) is 8.73. The molecule has 1 aromatic carbocycles. The highest BCUT2D eigenvalue weighted by Gasteiger charge is 2.63. The van der Waals surface area contributed by atoms with Crippen LogP contribution < -0.4 is 11.1 Å². The first-order chi connectivity index (χ1) is 19.1. The van der Waals surface area contributed by atoms with Crippen molar-refractivity contribution in [3.05, 3.63) is 45.7 Å². The Morgan fingerprint density at radius 3 is 2.41 bits per heavy atom. The van der Waals surface area contributed by atoms with Crippen molar-refractivity contribution in [1.82, 2.24) is 9.80 Å². The summed E-state index contributed by atoms with van der Waals surface area (Å²) in [6.07, 6.45) is -1.79. The number of carbonyl (C=O) groups excluding carboxylic acids is 4. The first-order valence-electron chi connectivity index (χ1n) is 12.9. The molecule has 5 rings (SSSR count). The molecular formula is C27H30F2N4O8. The average molecular weight is 577 g/mol. The lowest BCUT2D eigenvalue weighted by Gasteiger charge is -2.50. The summed E-state index contributed by atoms with van der Waals surface area (Å²) in [7, 11) is 4.53. The first kappa shape index (κ1) is 28.6. The van der Waals surface area contributed by atoms with Gasteiger partial charge in [-0.25, -0.2) is 8.78 Å². The minimum Gasteiger partial charge on any atom is -0.510 e. The molecule has 1 fully saturated rings. The Labute approximate surface area is 232 Å². The fourth-order valence-electron chi connectivity index (χ4n) is 6.83. The second-order valence-electron chi connectivity index (χ2n) is 11.3. The summed E-state index contributed by atoms with van der Waals surface area (Å²) >= 11 is 0. The van der Waals surface area contributed by atoms with Crippen LogP contribution in [0.1, 0.15) is 28.8 Å². The van der Waals surface area contributed by atoms with Gasteiger partial charge in [-0.15, -0.1) is 0 Å². The molecule has 14 heteroatoms. The zero-order valence-electron chi connectivity index (χ0n) is 22.4. The number of alkyl halides is 1. The number of nitrogens with one attached hydrogen (secondary N) is 1. The molecule has 1 saturated heterocycles. The number of hydrogen-bond acceptors (Lipinski definition) is 10. The lowest BCUT2D eigenvalue weighted by atomic mass is 9.58. The molecule has 0 radical (unpaired) electrons. The molecule has 4 aliphatic rings. The van der Waals surface area contributed by atoms with E-state index in [9.17, 15) is 44.0 Å². The summed E-state index contributed by atoms with van der Waals surface area (Å²) in [6.45, 7) is 0.0116. The minimum atomic E-state index is -2.83. The van der Waals surface area contributed by atoms with Gasteiger partial charge in [-0.2, -0.15) is 0 Å². The normalized spacial score (nSPS) is 31.7. The molecule has 220 valence electrons. The summed E-state index contributed by atoms with van der Waals surface area (Å²) in [5, 5.41) is 47.0. The van der Waals surface area contributed by atoms with Crippen molar-refractivity contribution in [2.45, 2.75) is 43.1 Å². The lowest BCUT2D eigenvalue weighted by molar-refractivity contribution is -0.148. The van der Waals surface area contributed by atoms with E-state index in [0.717, 1.165) is 6.07 Å². The van der Waals surface area contributed by atoms with E-state index in [1.165, 1.54) is 30.9 Å². The number of anilines is 1. The Kier molecular flexibility index (Phi) is 6.71. The smallest absolute Gasteiger partial charge is 0.255 e. The van der Waals surface area contributed by atoms with Crippen molar-refractivity contribution in [3.63, 3.8) is 0 Å². The van der Waals surface area contributed by atoms with Crippen LogP contribution in [0.4, 0.5) is 14.5 Å². The number of primary amides is 1. The SMILES string of the molecule is CN(C)[C@@H]1C(O)=C(C(N)=O)C(=O)[C@@]2(O)C(O)=C3C(=O)c4c(O)c(NC(=O)[C@@H]5C[C@@H](F)CN5C)cc(F)c4C[C@H]3C[C@@H]12. The molecule has 1 heterocycles. The number of phenols is 1. The van der Waals surface area contributed by atoms with E-state index in [1.54, 1.807) is 0 Å². The van der Waals surface area contributed by atoms with E-state index in [4.69, 9.17) is 5.73 Å². The van der Waals surface area contributed by atoms with Crippen LogP contribution in [0.5, 0.6) is 5.75 Å². The number of allylic oxidation sites excluding steroid dienone is 1. The van der Waals surface area contributed by atoms with Gasteiger partial charge in [0.1, 0.15) is 29.1 Å². The van der Waals surface area contributed by atoms with Crippen molar-refractivity contribution in [2.75, 3.05) is 33.0 Å². The molecule has 3 aliphatic carbocycles.